The summed E-state index contributed by atoms with van der Waals surface area (Å²) in [6.45, 7) is 4.80. The molecule has 0 atom stereocenters. The van der Waals surface area contributed by atoms with Crippen LogP contribution in [0.3, 0.4) is 0 Å². The maximum atomic E-state index is 13.5. The normalized spacial score (nSPS) is 10.9. The standard InChI is InChI=1S/C27H25ClN2O2/c1-18-6-4-9-22(14-18)27(31)30(16-20-10-12-24(32-3)13-11-20)17-23-15-21-8-5-7-19(2)25(21)29-26(23)28/h4-15H,16-17H2,1-3H3. The van der Waals surface area contributed by atoms with Gasteiger partial charge in [0.15, 0.2) is 0 Å². The first-order valence-electron chi connectivity index (χ1n) is 10.5. The van der Waals surface area contributed by atoms with E-state index in [0.29, 0.717) is 23.8 Å². The van der Waals surface area contributed by atoms with Gasteiger partial charge in [-0.1, -0.05) is 59.6 Å². The molecule has 0 aliphatic heterocycles. The summed E-state index contributed by atoms with van der Waals surface area (Å²) < 4.78 is 5.26. The van der Waals surface area contributed by atoms with Gasteiger partial charge in [-0.3, -0.25) is 4.79 Å². The van der Waals surface area contributed by atoms with Crippen molar-refractivity contribution in [2.75, 3.05) is 7.11 Å². The van der Waals surface area contributed by atoms with E-state index < -0.39 is 0 Å². The second kappa shape index (κ2) is 9.41. The van der Waals surface area contributed by atoms with E-state index in [9.17, 15) is 4.79 Å². The molecule has 0 aliphatic carbocycles. The van der Waals surface area contributed by atoms with Crippen LogP contribution in [0.2, 0.25) is 5.15 Å². The lowest BCUT2D eigenvalue weighted by atomic mass is 10.1. The Kier molecular flexibility index (Phi) is 6.42. The third-order valence-electron chi connectivity index (χ3n) is 5.52. The Morgan fingerprint density at radius 1 is 0.969 bits per heavy atom. The first kappa shape index (κ1) is 21.8. The summed E-state index contributed by atoms with van der Waals surface area (Å²) in [5, 5.41) is 1.43. The van der Waals surface area contributed by atoms with Crippen molar-refractivity contribution in [2.45, 2.75) is 26.9 Å². The highest BCUT2D eigenvalue weighted by Crippen LogP contribution is 2.25. The average Bonchev–Trinajstić information content (AvgIpc) is 2.80. The second-order valence-electron chi connectivity index (χ2n) is 7.96. The molecule has 4 aromatic rings. The number of aromatic nitrogens is 1. The molecule has 5 heteroatoms. The minimum absolute atomic E-state index is 0.0510. The van der Waals surface area contributed by atoms with Gasteiger partial charge >= 0.3 is 0 Å². The number of benzene rings is 3. The Labute approximate surface area is 193 Å². The molecule has 32 heavy (non-hydrogen) atoms. The van der Waals surface area contributed by atoms with Gasteiger partial charge in [-0.05, 0) is 55.3 Å². The number of halogens is 1. The van der Waals surface area contributed by atoms with Crippen LogP contribution in [-0.2, 0) is 13.1 Å². The largest absolute Gasteiger partial charge is 0.497 e. The molecule has 1 aromatic heterocycles. The third kappa shape index (κ3) is 4.76. The maximum absolute atomic E-state index is 13.5. The van der Waals surface area contributed by atoms with E-state index in [1.807, 2.05) is 86.6 Å². The molecule has 1 heterocycles. The molecular weight excluding hydrogens is 420 g/mol. The van der Waals surface area contributed by atoms with Crippen LogP contribution < -0.4 is 4.74 Å². The molecule has 0 saturated carbocycles. The highest BCUT2D eigenvalue weighted by Gasteiger charge is 2.19. The fourth-order valence-corrected chi connectivity index (χ4v) is 3.99. The van der Waals surface area contributed by atoms with Crippen LogP contribution in [0.25, 0.3) is 10.9 Å². The van der Waals surface area contributed by atoms with Gasteiger partial charge in [-0.2, -0.15) is 0 Å². The molecule has 0 unspecified atom stereocenters. The van der Waals surface area contributed by atoms with Crippen molar-refractivity contribution < 1.29 is 9.53 Å². The molecule has 0 aliphatic rings. The van der Waals surface area contributed by atoms with Crippen molar-refractivity contribution in [3.8, 4) is 5.75 Å². The van der Waals surface area contributed by atoms with E-state index in [2.05, 4.69) is 4.98 Å². The number of pyridine rings is 1. The Hall–Kier alpha value is -3.37. The molecule has 0 spiro atoms. The monoisotopic (exact) mass is 444 g/mol. The SMILES string of the molecule is COc1ccc(CN(Cc2cc3cccc(C)c3nc2Cl)C(=O)c2cccc(C)c2)cc1. The molecule has 0 fully saturated rings. The fraction of sp³-hybridized carbons (Fsp3) is 0.185. The van der Waals surface area contributed by atoms with Gasteiger partial charge < -0.3 is 9.64 Å². The zero-order valence-corrected chi connectivity index (χ0v) is 19.2. The molecule has 4 rings (SSSR count). The Morgan fingerprint density at radius 3 is 2.44 bits per heavy atom. The zero-order valence-electron chi connectivity index (χ0n) is 18.4. The van der Waals surface area contributed by atoms with Crippen LogP contribution in [0, 0.1) is 13.8 Å². The van der Waals surface area contributed by atoms with Crippen LogP contribution >= 0.6 is 11.6 Å². The van der Waals surface area contributed by atoms with Crippen LogP contribution in [0.5, 0.6) is 5.75 Å². The van der Waals surface area contributed by atoms with Crippen LogP contribution in [0.1, 0.15) is 32.6 Å². The summed E-state index contributed by atoms with van der Waals surface area (Å²) in [5.74, 6) is 0.729. The smallest absolute Gasteiger partial charge is 0.254 e. The number of nitrogens with zero attached hydrogens (tertiary/aromatic N) is 2. The molecule has 0 saturated heterocycles. The van der Waals surface area contributed by atoms with Crippen molar-refractivity contribution in [2.24, 2.45) is 0 Å². The summed E-state index contributed by atoms with van der Waals surface area (Å²) >= 11 is 6.57. The quantitative estimate of drug-likeness (QED) is 0.325. The number of para-hydroxylation sites is 1. The average molecular weight is 445 g/mol. The molecule has 0 N–H and O–H groups in total. The number of hydrogen-bond acceptors (Lipinski definition) is 3. The van der Waals surface area contributed by atoms with Crippen LogP contribution in [-0.4, -0.2) is 22.9 Å². The molecule has 0 radical (unpaired) electrons. The zero-order chi connectivity index (χ0) is 22.7. The van der Waals surface area contributed by atoms with Crippen molar-refractivity contribution in [3.63, 3.8) is 0 Å². The summed E-state index contributed by atoms with van der Waals surface area (Å²) in [6.07, 6.45) is 0. The number of carbonyl (C=O) groups excluding carboxylic acids is 1. The fourth-order valence-electron chi connectivity index (χ4n) is 3.80. The predicted octanol–water partition coefficient (Wildman–Crippen LogP) is 6.36. The number of hydrogen-bond donors (Lipinski definition) is 0. The van der Waals surface area contributed by atoms with Gasteiger partial charge in [0.05, 0.1) is 12.6 Å². The van der Waals surface area contributed by atoms with Crippen molar-refractivity contribution in [1.29, 1.82) is 0 Å². The molecule has 1 amide bonds. The lowest BCUT2D eigenvalue weighted by molar-refractivity contribution is 0.0730. The predicted molar refractivity (Wildman–Crippen MR) is 129 cm³/mol. The highest BCUT2D eigenvalue weighted by atomic mass is 35.5. The lowest BCUT2D eigenvalue weighted by Gasteiger charge is -2.24. The van der Waals surface area contributed by atoms with E-state index in [4.69, 9.17) is 16.3 Å². The number of methoxy groups -OCH3 is 1. The van der Waals surface area contributed by atoms with Gasteiger partial charge in [0.25, 0.3) is 5.91 Å². The van der Waals surface area contributed by atoms with Crippen molar-refractivity contribution in [1.82, 2.24) is 9.88 Å². The number of rotatable bonds is 6. The van der Waals surface area contributed by atoms with Gasteiger partial charge in [-0.15, -0.1) is 0 Å². The van der Waals surface area contributed by atoms with Gasteiger partial charge in [0.1, 0.15) is 10.9 Å². The molecule has 3 aromatic carbocycles. The summed E-state index contributed by atoms with van der Waals surface area (Å²) in [4.78, 5) is 19.9. The topological polar surface area (TPSA) is 42.4 Å². The maximum Gasteiger partial charge on any atom is 0.254 e. The Morgan fingerprint density at radius 2 is 1.72 bits per heavy atom. The third-order valence-corrected chi connectivity index (χ3v) is 5.85. The minimum Gasteiger partial charge on any atom is -0.497 e. The van der Waals surface area contributed by atoms with E-state index in [1.165, 1.54) is 0 Å². The number of amides is 1. The van der Waals surface area contributed by atoms with Crippen molar-refractivity contribution >= 4 is 28.4 Å². The summed E-state index contributed by atoms with van der Waals surface area (Å²) in [7, 11) is 1.64. The summed E-state index contributed by atoms with van der Waals surface area (Å²) in [5.41, 5.74) is 5.47. The van der Waals surface area contributed by atoms with Crippen molar-refractivity contribution in [3.05, 3.63) is 106 Å². The first-order valence-corrected chi connectivity index (χ1v) is 10.9. The van der Waals surface area contributed by atoms with Crippen LogP contribution in [0.15, 0.2) is 72.8 Å². The first-order chi connectivity index (χ1) is 15.4. The summed E-state index contributed by atoms with van der Waals surface area (Å²) in [6, 6.07) is 23.5. The van der Waals surface area contributed by atoms with E-state index in [1.54, 1.807) is 12.0 Å². The second-order valence-corrected chi connectivity index (χ2v) is 8.32. The Balaban J connectivity index is 1.70. The molecule has 4 nitrogen and oxygen atoms in total. The number of fused-ring (bicyclic) bond motifs is 1. The number of ether oxygens (including phenoxy) is 1. The van der Waals surface area contributed by atoms with Crippen LogP contribution in [0.4, 0.5) is 0 Å². The van der Waals surface area contributed by atoms with E-state index >= 15 is 0 Å². The lowest BCUT2D eigenvalue weighted by Crippen LogP contribution is -2.30. The van der Waals surface area contributed by atoms with E-state index in [0.717, 1.165) is 38.9 Å². The number of aryl methyl sites for hydroxylation is 2. The number of carbonyl (C=O) groups is 1. The molecular formula is C27H25ClN2O2. The minimum atomic E-state index is -0.0510. The van der Waals surface area contributed by atoms with Gasteiger partial charge in [0, 0.05) is 29.6 Å². The van der Waals surface area contributed by atoms with Gasteiger partial charge in [-0.25, -0.2) is 4.98 Å². The Bertz CT molecular complexity index is 1270. The highest BCUT2D eigenvalue weighted by molar-refractivity contribution is 6.30. The molecule has 162 valence electrons. The molecule has 0 bridgehead atoms. The van der Waals surface area contributed by atoms with Gasteiger partial charge in [0.2, 0.25) is 0 Å². The van der Waals surface area contributed by atoms with E-state index in [-0.39, 0.29) is 5.91 Å².